The van der Waals surface area contributed by atoms with Crippen molar-refractivity contribution < 1.29 is 4.42 Å². The molecule has 0 fully saturated rings. The Morgan fingerprint density at radius 1 is 0.312 bits per heavy atom. The number of para-hydroxylation sites is 4. The van der Waals surface area contributed by atoms with Gasteiger partial charge in [-0.05, 0) is 144 Å². The zero-order valence-electron chi connectivity index (χ0n) is 41.7. The van der Waals surface area contributed by atoms with Crippen LogP contribution in [0.15, 0.2) is 271 Å². The summed E-state index contributed by atoms with van der Waals surface area (Å²) in [6, 6.07) is 100. The average Bonchev–Trinajstić information content (AvgIpc) is 3.43. The zero-order chi connectivity index (χ0) is 50.1. The lowest BCUT2D eigenvalue weighted by Gasteiger charge is -2.40. The van der Waals surface area contributed by atoms with E-state index in [-0.39, 0.29) is 0 Å². The molecule has 3 heteroatoms. The number of benzene rings is 12. The van der Waals surface area contributed by atoms with Crippen LogP contribution in [0.3, 0.4) is 0 Å². The highest BCUT2D eigenvalue weighted by Crippen LogP contribution is 2.66. The first kappa shape index (κ1) is 41.4. The smallest absolute Gasteiger partial charge is 0.135 e. The molecule has 356 valence electrons. The van der Waals surface area contributed by atoms with Crippen molar-refractivity contribution in [1.29, 1.82) is 0 Å². The molecule has 0 bridgehead atoms. The molecule has 18 rings (SSSR count). The summed E-state index contributed by atoms with van der Waals surface area (Å²) in [6.45, 7) is 0. The topological polar surface area (TPSA) is 21.3 Å². The summed E-state index contributed by atoms with van der Waals surface area (Å²) in [5.74, 6) is 0. The summed E-state index contributed by atoms with van der Waals surface area (Å²) in [7, 11) is 0. The summed E-state index contributed by atoms with van der Waals surface area (Å²) in [4.78, 5) is 2.56. The van der Waals surface area contributed by atoms with Crippen molar-refractivity contribution in [3.05, 3.63) is 311 Å². The van der Waals surface area contributed by atoms with Crippen LogP contribution in [-0.4, -0.2) is 4.57 Å². The van der Waals surface area contributed by atoms with Gasteiger partial charge in [-0.2, -0.15) is 0 Å². The average molecular weight is 977 g/mol. The number of nitrogens with zero attached hydrogens (tertiary/aromatic N) is 2. The summed E-state index contributed by atoms with van der Waals surface area (Å²) in [5.41, 5.74) is 28.2. The monoisotopic (exact) mass is 976 g/mol. The van der Waals surface area contributed by atoms with Gasteiger partial charge in [0.05, 0.1) is 33.2 Å². The Kier molecular flexibility index (Phi) is 8.00. The van der Waals surface area contributed by atoms with E-state index >= 15 is 0 Å². The fourth-order valence-electron chi connectivity index (χ4n) is 15.1. The van der Waals surface area contributed by atoms with Gasteiger partial charge in [0.1, 0.15) is 11.2 Å². The lowest BCUT2D eigenvalue weighted by molar-refractivity contribution is 0.669. The van der Waals surface area contributed by atoms with Gasteiger partial charge < -0.3 is 13.9 Å². The molecule has 12 aromatic carbocycles. The summed E-state index contributed by atoms with van der Waals surface area (Å²) >= 11 is 0. The molecular weight excluding hydrogens is 933 g/mol. The lowest BCUT2D eigenvalue weighted by Crippen LogP contribution is -2.33. The van der Waals surface area contributed by atoms with Gasteiger partial charge in [-0.15, -0.1) is 0 Å². The van der Waals surface area contributed by atoms with E-state index in [2.05, 4.69) is 270 Å². The molecular formula is C74H44N2O. The minimum atomic E-state index is -0.611. The van der Waals surface area contributed by atoms with Crippen molar-refractivity contribution in [3.63, 3.8) is 0 Å². The standard InChI is InChI=1S/C74H44N2O/c1-7-24-58-49(17-1)50-18-2-8-25-59(50)73(58)61-27-10-4-22-56(61)71-63(73)29-16-33-68(71)75(47-38-35-45(36-39-47)46-37-42-70-57(43-46)54-21-6-14-34-69(54)77-70)48-40-41-52-51-19-3-9-26-60(51)74(65(52)44-48)62-28-11-13-32-67(62)76-66-31-12-5-20-53(66)55-23-15-30-64(74)72(55)76/h1-44H. The molecule has 14 aromatic rings. The fraction of sp³-hybridized carbons (Fsp3) is 0.0270. The van der Waals surface area contributed by atoms with E-state index in [4.69, 9.17) is 4.42 Å². The van der Waals surface area contributed by atoms with Gasteiger partial charge in [0.2, 0.25) is 0 Å². The molecule has 2 aromatic heterocycles. The van der Waals surface area contributed by atoms with Crippen LogP contribution >= 0.6 is 0 Å². The summed E-state index contributed by atoms with van der Waals surface area (Å²) in [6.07, 6.45) is 0. The Bertz CT molecular complexity index is 4850. The predicted octanol–water partition coefficient (Wildman–Crippen LogP) is 18.8. The molecule has 0 radical (unpaired) electrons. The minimum Gasteiger partial charge on any atom is -0.456 e. The molecule has 4 aliphatic rings. The van der Waals surface area contributed by atoms with Gasteiger partial charge in [0, 0.05) is 38.5 Å². The van der Waals surface area contributed by atoms with E-state index in [9.17, 15) is 0 Å². The molecule has 1 aliphatic heterocycles. The molecule has 3 aliphatic carbocycles. The Balaban J connectivity index is 0.913. The normalized spacial score (nSPS) is 15.4. The Hall–Kier alpha value is -9.96. The van der Waals surface area contributed by atoms with Crippen molar-refractivity contribution >= 4 is 60.8 Å². The molecule has 3 heterocycles. The number of anilines is 3. The predicted molar refractivity (Wildman–Crippen MR) is 315 cm³/mol. The van der Waals surface area contributed by atoms with Crippen LogP contribution in [-0.2, 0) is 10.8 Å². The summed E-state index contributed by atoms with van der Waals surface area (Å²) in [5, 5.41) is 4.80. The minimum absolute atomic E-state index is 0.493. The largest absolute Gasteiger partial charge is 0.456 e. The third-order valence-corrected chi connectivity index (χ3v) is 18.0. The first-order valence-electron chi connectivity index (χ1n) is 26.8. The van der Waals surface area contributed by atoms with Crippen molar-refractivity contribution in [2.75, 3.05) is 4.90 Å². The second kappa shape index (κ2) is 14.9. The maximum Gasteiger partial charge on any atom is 0.135 e. The third kappa shape index (κ3) is 5.07. The van der Waals surface area contributed by atoms with E-state index in [0.29, 0.717) is 0 Å². The van der Waals surface area contributed by atoms with E-state index in [1.165, 1.54) is 105 Å². The number of hydrogen-bond acceptors (Lipinski definition) is 2. The maximum atomic E-state index is 6.28. The Labute approximate surface area is 444 Å². The highest BCUT2D eigenvalue weighted by Gasteiger charge is 2.54. The molecule has 0 amide bonds. The molecule has 2 spiro atoms. The van der Waals surface area contributed by atoms with E-state index in [1.807, 2.05) is 6.07 Å². The van der Waals surface area contributed by atoms with Crippen molar-refractivity contribution in [2.45, 2.75) is 10.8 Å². The van der Waals surface area contributed by atoms with E-state index < -0.39 is 10.8 Å². The van der Waals surface area contributed by atoms with Crippen LogP contribution in [0.2, 0.25) is 0 Å². The SMILES string of the molecule is c1ccc2c(c1)-c1ccccc1C21c2ccccc2-c2c(N(c3ccc(-c4ccc5oc6ccccc6c5c4)cc3)c3ccc4c(c3)C3(c5ccccc5-4)c4ccccc4-n4c5ccccc5c5cccc3c54)cccc21. The van der Waals surface area contributed by atoms with Crippen LogP contribution in [0.5, 0.6) is 0 Å². The van der Waals surface area contributed by atoms with Gasteiger partial charge in [-0.25, -0.2) is 0 Å². The number of hydrogen-bond donors (Lipinski definition) is 0. The number of furan rings is 1. The van der Waals surface area contributed by atoms with Gasteiger partial charge in [0.25, 0.3) is 0 Å². The number of fused-ring (bicyclic) bond motifs is 25. The third-order valence-electron chi connectivity index (χ3n) is 18.0. The molecule has 0 saturated carbocycles. The highest BCUT2D eigenvalue weighted by molar-refractivity contribution is 6.13. The van der Waals surface area contributed by atoms with Crippen molar-refractivity contribution in [1.82, 2.24) is 4.57 Å². The van der Waals surface area contributed by atoms with Gasteiger partial charge >= 0.3 is 0 Å². The highest BCUT2D eigenvalue weighted by atomic mass is 16.3. The first-order chi connectivity index (χ1) is 38.2. The van der Waals surface area contributed by atoms with Gasteiger partial charge in [-0.1, -0.05) is 206 Å². The number of aromatic nitrogens is 1. The molecule has 77 heavy (non-hydrogen) atoms. The molecule has 0 N–H and O–H groups in total. The lowest BCUT2D eigenvalue weighted by atomic mass is 9.65. The van der Waals surface area contributed by atoms with Crippen LogP contribution in [0.25, 0.3) is 93.9 Å². The first-order valence-corrected chi connectivity index (χ1v) is 26.8. The van der Waals surface area contributed by atoms with Gasteiger partial charge in [0.15, 0.2) is 0 Å². The molecule has 3 nitrogen and oxygen atoms in total. The quantitative estimate of drug-likeness (QED) is 0.175. The van der Waals surface area contributed by atoms with Crippen LogP contribution in [0.4, 0.5) is 17.1 Å². The van der Waals surface area contributed by atoms with E-state index in [0.717, 1.165) is 50.1 Å². The second-order valence-corrected chi connectivity index (χ2v) is 21.4. The zero-order valence-corrected chi connectivity index (χ0v) is 41.7. The molecule has 1 atom stereocenters. The van der Waals surface area contributed by atoms with Crippen molar-refractivity contribution in [3.8, 4) is 50.2 Å². The number of rotatable bonds is 4. The van der Waals surface area contributed by atoms with E-state index in [1.54, 1.807) is 0 Å². The maximum absolute atomic E-state index is 6.28. The fourth-order valence-corrected chi connectivity index (χ4v) is 15.1. The van der Waals surface area contributed by atoms with Crippen LogP contribution in [0, 0.1) is 0 Å². The second-order valence-electron chi connectivity index (χ2n) is 21.4. The van der Waals surface area contributed by atoms with Crippen molar-refractivity contribution in [2.24, 2.45) is 0 Å². The van der Waals surface area contributed by atoms with Gasteiger partial charge in [-0.3, -0.25) is 0 Å². The van der Waals surface area contributed by atoms with Crippen LogP contribution < -0.4 is 4.90 Å². The molecule has 0 saturated heterocycles. The molecule has 1 unspecified atom stereocenters. The Morgan fingerprint density at radius 3 is 1.58 bits per heavy atom. The Morgan fingerprint density at radius 2 is 0.831 bits per heavy atom. The van der Waals surface area contributed by atoms with Crippen LogP contribution in [0.1, 0.15) is 44.5 Å². The summed E-state index contributed by atoms with van der Waals surface area (Å²) < 4.78 is 8.81.